The number of likely N-dealkylation sites (tertiary alicyclic amines) is 1. The molecule has 0 aromatic rings. The Morgan fingerprint density at radius 2 is 2.29 bits per heavy atom. The van der Waals surface area contributed by atoms with Crippen LogP contribution in [0.4, 0.5) is 4.79 Å². The summed E-state index contributed by atoms with van der Waals surface area (Å²) < 4.78 is 5.23. The lowest BCUT2D eigenvalue weighted by Gasteiger charge is -2.32. The van der Waals surface area contributed by atoms with Crippen LogP contribution < -0.4 is 5.32 Å². The van der Waals surface area contributed by atoms with Crippen LogP contribution in [0, 0.1) is 12.3 Å². The summed E-state index contributed by atoms with van der Waals surface area (Å²) in [5, 5.41) is 2.89. The van der Waals surface area contributed by atoms with Crippen LogP contribution in [-0.4, -0.2) is 42.3 Å². The predicted molar refractivity (Wildman–Crippen MR) is 67.7 cm³/mol. The van der Waals surface area contributed by atoms with Crippen LogP contribution in [-0.2, 0) is 4.74 Å². The first kappa shape index (κ1) is 13.9. The van der Waals surface area contributed by atoms with E-state index >= 15 is 0 Å². The fourth-order valence-corrected chi connectivity index (χ4v) is 1.92. The monoisotopic (exact) mass is 238 g/mol. The number of hydrogen-bond acceptors (Lipinski definition) is 3. The van der Waals surface area contributed by atoms with Crippen molar-refractivity contribution in [2.75, 3.05) is 19.6 Å². The van der Waals surface area contributed by atoms with E-state index in [0.717, 1.165) is 25.9 Å². The molecule has 96 valence electrons. The fraction of sp³-hybridized carbons (Fsp3) is 0.769. The molecule has 0 radical (unpaired) electrons. The Bertz CT molecular complexity index is 302. The first-order valence-corrected chi connectivity index (χ1v) is 6.06. The van der Waals surface area contributed by atoms with Gasteiger partial charge in [0.05, 0.1) is 6.54 Å². The van der Waals surface area contributed by atoms with Gasteiger partial charge in [-0.25, -0.2) is 4.79 Å². The number of rotatable bonds is 2. The van der Waals surface area contributed by atoms with Gasteiger partial charge < -0.3 is 10.1 Å². The molecule has 1 amide bonds. The highest BCUT2D eigenvalue weighted by Gasteiger charge is 2.23. The molecule has 1 atom stereocenters. The largest absolute Gasteiger partial charge is 0.444 e. The van der Waals surface area contributed by atoms with Gasteiger partial charge in [0.15, 0.2) is 0 Å². The topological polar surface area (TPSA) is 41.6 Å². The molecule has 1 heterocycles. The van der Waals surface area contributed by atoms with Crippen molar-refractivity contribution >= 4 is 6.09 Å². The van der Waals surface area contributed by atoms with Crippen molar-refractivity contribution in [2.45, 2.75) is 45.3 Å². The van der Waals surface area contributed by atoms with Crippen LogP contribution >= 0.6 is 0 Å². The van der Waals surface area contributed by atoms with Gasteiger partial charge in [0.1, 0.15) is 5.60 Å². The number of ether oxygens (including phenoxy) is 1. The quantitative estimate of drug-likeness (QED) is 0.743. The second kappa shape index (κ2) is 5.92. The number of piperidine rings is 1. The maximum absolute atomic E-state index is 11.6. The van der Waals surface area contributed by atoms with Crippen molar-refractivity contribution in [3.8, 4) is 12.3 Å². The number of nitrogens with one attached hydrogen (secondary N) is 1. The molecule has 0 aromatic carbocycles. The zero-order chi connectivity index (χ0) is 12.9. The Hall–Kier alpha value is -1.21. The maximum atomic E-state index is 11.6. The Kier molecular flexibility index (Phi) is 4.83. The molecule has 0 saturated carbocycles. The second-order valence-electron chi connectivity index (χ2n) is 5.42. The average molecular weight is 238 g/mol. The lowest BCUT2D eigenvalue weighted by Crippen LogP contribution is -2.48. The standard InChI is InChI=1S/C13H22N2O2/c1-5-8-15-9-6-7-11(10-15)14-12(16)17-13(2,3)4/h1,11H,6-10H2,2-4H3,(H,14,16)/t11-/m0/s1. The lowest BCUT2D eigenvalue weighted by molar-refractivity contribution is 0.0476. The van der Waals surface area contributed by atoms with Gasteiger partial charge in [0.25, 0.3) is 0 Å². The van der Waals surface area contributed by atoms with Crippen molar-refractivity contribution in [1.29, 1.82) is 0 Å². The zero-order valence-corrected chi connectivity index (χ0v) is 11.0. The molecule has 1 aliphatic heterocycles. The van der Waals surface area contributed by atoms with E-state index in [1.165, 1.54) is 0 Å². The van der Waals surface area contributed by atoms with Crippen molar-refractivity contribution in [3.05, 3.63) is 0 Å². The van der Waals surface area contributed by atoms with Crippen molar-refractivity contribution in [1.82, 2.24) is 10.2 Å². The molecule has 4 nitrogen and oxygen atoms in total. The van der Waals surface area contributed by atoms with Gasteiger partial charge in [-0.2, -0.15) is 0 Å². The third-order valence-corrected chi connectivity index (χ3v) is 2.54. The molecule has 1 aliphatic rings. The van der Waals surface area contributed by atoms with E-state index in [4.69, 9.17) is 11.2 Å². The van der Waals surface area contributed by atoms with Crippen molar-refractivity contribution < 1.29 is 9.53 Å². The molecule has 1 saturated heterocycles. The van der Waals surface area contributed by atoms with E-state index in [1.54, 1.807) is 0 Å². The first-order chi connectivity index (χ1) is 7.90. The summed E-state index contributed by atoms with van der Waals surface area (Å²) >= 11 is 0. The van der Waals surface area contributed by atoms with Gasteiger partial charge in [-0.15, -0.1) is 6.42 Å². The van der Waals surface area contributed by atoms with E-state index < -0.39 is 5.60 Å². The summed E-state index contributed by atoms with van der Waals surface area (Å²) in [4.78, 5) is 13.8. The van der Waals surface area contributed by atoms with Crippen LogP contribution in [0.5, 0.6) is 0 Å². The summed E-state index contributed by atoms with van der Waals surface area (Å²) in [5.41, 5.74) is -0.447. The van der Waals surface area contributed by atoms with Gasteiger partial charge in [-0.05, 0) is 40.2 Å². The average Bonchev–Trinajstić information content (AvgIpc) is 2.15. The number of alkyl carbamates (subject to hydrolysis) is 1. The van der Waals surface area contributed by atoms with Crippen LogP contribution in [0.2, 0.25) is 0 Å². The molecule has 0 unspecified atom stereocenters. The summed E-state index contributed by atoms with van der Waals surface area (Å²) in [6.07, 6.45) is 6.99. The fourth-order valence-electron chi connectivity index (χ4n) is 1.92. The minimum Gasteiger partial charge on any atom is -0.444 e. The highest BCUT2D eigenvalue weighted by Crippen LogP contribution is 2.11. The normalized spacial score (nSPS) is 21.6. The highest BCUT2D eigenvalue weighted by molar-refractivity contribution is 5.68. The van der Waals surface area contributed by atoms with Gasteiger partial charge in [-0.3, -0.25) is 4.90 Å². The van der Waals surface area contributed by atoms with Crippen molar-refractivity contribution in [2.24, 2.45) is 0 Å². The molecular weight excluding hydrogens is 216 g/mol. The number of hydrogen-bond donors (Lipinski definition) is 1. The Morgan fingerprint density at radius 1 is 1.59 bits per heavy atom. The number of nitrogens with zero attached hydrogens (tertiary/aromatic N) is 1. The molecule has 1 fully saturated rings. The minimum absolute atomic E-state index is 0.145. The van der Waals surface area contributed by atoms with Crippen molar-refractivity contribution in [3.63, 3.8) is 0 Å². The second-order valence-corrected chi connectivity index (χ2v) is 5.42. The van der Waals surface area contributed by atoms with E-state index in [9.17, 15) is 4.79 Å². The van der Waals surface area contributed by atoms with Gasteiger partial charge >= 0.3 is 6.09 Å². The van der Waals surface area contributed by atoms with Crippen LogP contribution in [0.3, 0.4) is 0 Å². The number of carbonyl (C=O) groups excluding carboxylic acids is 1. The Balaban J connectivity index is 2.36. The Morgan fingerprint density at radius 3 is 2.88 bits per heavy atom. The van der Waals surface area contributed by atoms with Crippen LogP contribution in [0.1, 0.15) is 33.6 Å². The Labute approximate surface area is 104 Å². The molecule has 0 aliphatic carbocycles. The van der Waals surface area contributed by atoms with Gasteiger partial charge in [-0.1, -0.05) is 5.92 Å². The molecular formula is C13H22N2O2. The molecule has 0 aromatic heterocycles. The summed E-state index contributed by atoms with van der Waals surface area (Å²) in [6.45, 7) is 8.04. The number of amides is 1. The van der Waals surface area contributed by atoms with Gasteiger partial charge in [0, 0.05) is 12.6 Å². The predicted octanol–water partition coefficient (Wildman–Crippen LogP) is 1.61. The molecule has 1 rings (SSSR count). The molecule has 17 heavy (non-hydrogen) atoms. The lowest BCUT2D eigenvalue weighted by atomic mass is 10.1. The van der Waals surface area contributed by atoms with Crippen LogP contribution in [0.25, 0.3) is 0 Å². The van der Waals surface area contributed by atoms with E-state index in [0.29, 0.717) is 6.54 Å². The molecule has 1 N–H and O–H groups in total. The molecule has 4 heteroatoms. The minimum atomic E-state index is -0.447. The van der Waals surface area contributed by atoms with E-state index in [2.05, 4.69) is 16.1 Å². The third-order valence-electron chi connectivity index (χ3n) is 2.54. The van der Waals surface area contributed by atoms with Gasteiger partial charge in [0.2, 0.25) is 0 Å². The summed E-state index contributed by atoms with van der Waals surface area (Å²) in [6, 6.07) is 0.145. The first-order valence-electron chi connectivity index (χ1n) is 6.06. The van der Waals surface area contributed by atoms with E-state index in [-0.39, 0.29) is 12.1 Å². The maximum Gasteiger partial charge on any atom is 0.407 e. The highest BCUT2D eigenvalue weighted by atomic mass is 16.6. The van der Waals surface area contributed by atoms with E-state index in [1.807, 2.05) is 20.8 Å². The summed E-state index contributed by atoms with van der Waals surface area (Å²) in [7, 11) is 0. The van der Waals surface area contributed by atoms with Crippen LogP contribution in [0.15, 0.2) is 0 Å². The smallest absolute Gasteiger partial charge is 0.407 e. The molecule has 0 spiro atoms. The number of terminal acetylenes is 1. The zero-order valence-electron chi connectivity index (χ0n) is 11.0. The summed E-state index contributed by atoms with van der Waals surface area (Å²) in [5.74, 6) is 2.63. The molecule has 0 bridgehead atoms. The third kappa shape index (κ3) is 5.60. The SMILES string of the molecule is C#CCN1CCC[C@H](NC(=O)OC(C)(C)C)C1. The number of carbonyl (C=O) groups is 1.